The number of rotatable bonds is 4. The topological polar surface area (TPSA) is 93.2 Å². The third kappa shape index (κ3) is 4.14. The molecule has 0 aliphatic carbocycles. The highest BCUT2D eigenvalue weighted by Gasteiger charge is 2.29. The summed E-state index contributed by atoms with van der Waals surface area (Å²) in [5, 5.41) is 7.24. The SMILES string of the molecule is O=C(c1cc(-c2n[nH]c3ccnc(OCC(F)(F)F)c23)ccn1)N1CCOCC1. The van der Waals surface area contributed by atoms with Gasteiger partial charge in [0.2, 0.25) is 5.88 Å². The Bertz CT molecular complexity index is 1030. The number of pyridine rings is 2. The number of aromatic amines is 1. The van der Waals surface area contributed by atoms with Crippen LogP contribution in [0, 0.1) is 0 Å². The van der Waals surface area contributed by atoms with Crippen LogP contribution in [0.25, 0.3) is 22.2 Å². The van der Waals surface area contributed by atoms with Crippen LogP contribution in [0.15, 0.2) is 30.6 Å². The van der Waals surface area contributed by atoms with E-state index in [1.54, 1.807) is 23.1 Å². The highest BCUT2D eigenvalue weighted by molar-refractivity contribution is 5.98. The molecule has 4 heterocycles. The van der Waals surface area contributed by atoms with Crippen molar-refractivity contribution in [3.63, 3.8) is 0 Å². The Morgan fingerprint density at radius 2 is 1.97 bits per heavy atom. The van der Waals surface area contributed by atoms with Crippen LogP contribution < -0.4 is 4.74 Å². The molecule has 0 aromatic carbocycles. The van der Waals surface area contributed by atoms with Crippen LogP contribution in [0.4, 0.5) is 13.2 Å². The van der Waals surface area contributed by atoms with E-state index in [1.807, 2.05) is 0 Å². The molecular weight excluding hydrogens is 391 g/mol. The lowest BCUT2D eigenvalue weighted by molar-refractivity contribution is -0.153. The average Bonchev–Trinajstić information content (AvgIpc) is 3.17. The summed E-state index contributed by atoms with van der Waals surface area (Å²) in [5.41, 5.74) is 1.50. The molecule has 0 atom stereocenters. The molecule has 3 aromatic rings. The Hall–Kier alpha value is -3.21. The van der Waals surface area contributed by atoms with E-state index in [9.17, 15) is 18.0 Å². The van der Waals surface area contributed by atoms with Crippen molar-refractivity contribution in [2.24, 2.45) is 0 Å². The van der Waals surface area contributed by atoms with E-state index in [2.05, 4.69) is 20.2 Å². The van der Waals surface area contributed by atoms with E-state index in [-0.39, 0.29) is 17.5 Å². The molecule has 1 aliphatic heterocycles. The van der Waals surface area contributed by atoms with E-state index in [0.717, 1.165) is 0 Å². The number of morpholine rings is 1. The smallest absolute Gasteiger partial charge is 0.422 e. The van der Waals surface area contributed by atoms with E-state index in [0.29, 0.717) is 48.5 Å². The second-order valence-corrected chi connectivity index (χ2v) is 6.35. The van der Waals surface area contributed by atoms with Gasteiger partial charge < -0.3 is 14.4 Å². The van der Waals surface area contributed by atoms with Crippen molar-refractivity contribution in [1.29, 1.82) is 0 Å². The van der Waals surface area contributed by atoms with E-state index >= 15 is 0 Å². The summed E-state index contributed by atoms with van der Waals surface area (Å²) in [4.78, 5) is 22.4. The first kappa shape index (κ1) is 19.1. The predicted molar refractivity (Wildman–Crippen MR) is 95.4 cm³/mol. The summed E-state index contributed by atoms with van der Waals surface area (Å²) in [6.07, 6.45) is -1.71. The zero-order chi connectivity index (χ0) is 20.4. The second-order valence-electron chi connectivity index (χ2n) is 6.35. The first-order valence-electron chi connectivity index (χ1n) is 8.78. The predicted octanol–water partition coefficient (Wildman–Crippen LogP) is 2.43. The number of hydrogen-bond acceptors (Lipinski definition) is 6. The number of amides is 1. The molecule has 0 unspecified atom stereocenters. The maximum atomic E-state index is 12.7. The van der Waals surface area contributed by atoms with Crippen molar-refractivity contribution in [1.82, 2.24) is 25.1 Å². The molecule has 1 amide bonds. The summed E-state index contributed by atoms with van der Waals surface area (Å²) in [5.74, 6) is -0.442. The number of hydrogen-bond donors (Lipinski definition) is 1. The molecule has 8 nitrogen and oxygen atoms in total. The number of carbonyl (C=O) groups excluding carboxylic acids is 1. The summed E-state index contributed by atoms with van der Waals surface area (Å²) in [7, 11) is 0. The molecule has 0 saturated carbocycles. The van der Waals surface area contributed by atoms with Crippen molar-refractivity contribution < 1.29 is 27.4 Å². The molecule has 0 radical (unpaired) electrons. The summed E-state index contributed by atoms with van der Waals surface area (Å²) < 4.78 is 47.8. The first-order chi connectivity index (χ1) is 13.9. The third-order valence-electron chi connectivity index (χ3n) is 4.36. The number of carbonyl (C=O) groups is 1. The van der Waals surface area contributed by atoms with Crippen LogP contribution in [0.5, 0.6) is 5.88 Å². The molecule has 0 spiro atoms. The van der Waals surface area contributed by atoms with Crippen LogP contribution >= 0.6 is 0 Å². The quantitative estimate of drug-likeness (QED) is 0.714. The minimum atomic E-state index is -4.50. The van der Waals surface area contributed by atoms with Crippen molar-refractivity contribution >= 4 is 16.8 Å². The molecule has 1 fully saturated rings. The maximum absolute atomic E-state index is 12.7. The van der Waals surface area contributed by atoms with E-state index in [1.165, 1.54) is 12.4 Å². The molecular formula is C18H16F3N5O3. The number of nitrogens with one attached hydrogen (secondary N) is 1. The van der Waals surface area contributed by atoms with Gasteiger partial charge in [0.1, 0.15) is 11.4 Å². The van der Waals surface area contributed by atoms with Gasteiger partial charge in [-0.3, -0.25) is 14.9 Å². The molecule has 0 bridgehead atoms. The van der Waals surface area contributed by atoms with Crippen LogP contribution in [0.2, 0.25) is 0 Å². The number of H-pyrrole nitrogens is 1. The fraction of sp³-hybridized carbons (Fsp3) is 0.333. The summed E-state index contributed by atoms with van der Waals surface area (Å²) in [6.45, 7) is 0.383. The molecule has 11 heteroatoms. The van der Waals surface area contributed by atoms with Gasteiger partial charge in [-0.15, -0.1) is 0 Å². The number of nitrogens with zero attached hydrogens (tertiary/aromatic N) is 4. The number of aromatic nitrogens is 4. The van der Waals surface area contributed by atoms with Gasteiger partial charge in [-0.1, -0.05) is 0 Å². The van der Waals surface area contributed by atoms with Crippen LogP contribution in [0.3, 0.4) is 0 Å². The van der Waals surface area contributed by atoms with Gasteiger partial charge >= 0.3 is 6.18 Å². The highest BCUT2D eigenvalue weighted by Crippen LogP contribution is 2.33. The van der Waals surface area contributed by atoms with Crippen LogP contribution in [-0.4, -0.2) is 70.1 Å². The van der Waals surface area contributed by atoms with Crippen molar-refractivity contribution in [3.05, 3.63) is 36.3 Å². The van der Waals surface area contributed by atoms with Gasteiger partial charge in [-0.2, -0.15) is 18.3 Å². The first-order valence-corrected chi connectivity index (χ1v) is 8.78. The molecule has 1 N–H and O–H groups in total. The lowest BCUT2D eigenvalue weighted by Crippen LogP contribution is -2.41. The lowest BCUT2D eigenvalue weighted by Gasteiger charge is -2.26. The zero-order valence-corrected chi connectivity index (χ0v) is 15.1. The Morgan fingerprint density at radius 3 is 2.72 bits per heavy atom. The fourth-order valence-corrected chi connectivity index (χ4v) is 3.03. The van der Waals surface area contributed by atoms with Crippen molar-refractivity contribution in [3.8, 4) is 17.1 Å². The van der Waals surface area contributed by atoms with Crippen LogP contribution in [-0.2, 0) is 4.74 Å². The second kappa shape index (κ2) is 7.66. The standard InChI is InChI=1S/C18H16F3N5O3/c19-18(20,21)10-29-16-14-12(2-4-23-16)24-25-15(14)11-1-3-22-13(9-11)17(27)26-5-7-28-8-6-26/h1-4,9H,5-8,10H2,(H,24,25). The van der Waals surface area contributed by atoms with Crippen molar-refractivity contribution in [2.75, 3.05) is 32.9 Å². The number of fused-ring (bicyclic) bond motifs is 1. The minimum Gasteiger partial charge on any atom is -0.467 e. The van der Waals surface area contributed by atoms with Gasteiger partial charge in [-0.05, 0) is 18.2 Å². The normalized spacial score (nSPS) is 14.9. The average molecular weight is 407 g/mol. The van der Waals surface area contributed by atoms with Gasteiger partial charge in [0.15, 0.2) is 6.61 Å². The molecule has 1 aliphatic rings. The number of alkyl halides is 3. The lowest BCUT2D eigenvalue weighted by atomic mass is 10.1. The summed E-state index contributed by atoms with van der Waals surface area (Å²) >= 11 is 0. The molecule has 3 aromatic heterocycles. The highest BCUT2D eigenvalue weighted by atomic mass is 19.4. The maximum Gasteiger partial charge on any atom is 0.422 e. The van der Waals surface area contributed by atoms with Gasteiger partial charge in [0.25, 0.3) is 5.91 Å². The molecule has 152 valence electrons. The Kier molecular flexibility index (Phi) is 5.05. The minimum absolute atomic E-state index is 0.193. The van der Waals surface area contributed by atoms with Gasteiger partial charge in [-0.25, -0.2) is 4.98 Å². The Labute approximate surface area is 162 Å². The fourth-order valence-electron chi connectivity index (χ4n) is 3.03. The van der Waals surface area contributed by atoms with E-state index < -0.39 is 12.8 Å². The summed E-state index contributed by atoms with van der Waals surface area (Å²) in [6, 6.07) is 4.74. The van der Waals surface area contributed by atoms with Crippen LogP contribution in [0.1, 0.15) is 10.5 Å². The zero-order valence-electron chi connectivity index (χ0n) is 15.1. The third-order valence-corrected chi connectivity index (χ3v) is 4.36. The monoisotopic (exact) mass is 407 g/mol. The molecule has 4 rings (SSSR count). The van der Waals surface area contributed by atoms with Gasteiger partial charge in [0.05, 0.1) is 24.1 Å². The molecule has 1 saturated heterocycles. The molecule has 29 heavy (non-hydrogen) atoms. The Morgan fingerprint density at radius 1 is 1.21 bits per heavy atom. The van der Waals surface area contributed by atoms with Crippen molar-refractivity contribution in [2.45, 2.75) is 6.18 Å². The van der Waals surface area contributed by atoms with Gasteiger partial charge in [0, 0.05) is 31.0 Å². The number of ether oxygens (including phenoxy) is 2. The van der Waals surface area contributed by atoms with E-state index in [4.69, 9.17) is 9.47 Å². The Balaban J connectivity index is 1.69. The number of halogens is 3. The largest absolute Gasteiger partial charge is 0.467 e.